The van der Waals surface area contributed by atoms with E-state index in [0.717, 1.165) is 19.5 Å². The van der Waals surface area contributed by atoms with E-state index in [1.165, 1.54) is 18.4 Å². The van der Waals surface area contributed by atoms with Gasteiger partial charge in [0.15, 0.2) is 5.76 Å². The molecule has 1 aliphatic heterocycles. The molecule has 140 valence electrons. The number of furan rings is 1. The van der Waals surface area contributed by atoms with Crippen LogP contribution in [0.15, 0.2) is 57.7 Å². The lowest BCUT2D eigenvalue weighted by Gasteiger charge is -2.22. The molecule has 1 saturated heterocycles. The van der Waals surface area contributed by atoms with Gasteiger partial charge in [-0.3, -0.25) is 4.79 Å². The summed E-state index contributed by atoms with van der Waals surface area (Å²) in [5.41, 5.74) is 2.55. The molecule has 0 spiro atoms. The van der Waals surface area contributed by atoms with Crippen LogP contribution < -0.4 is 10.6 Å². The van der Waals surface area contributed by atoms with E-state index in [1.54, 1.807) is 24.5 Å². The minimum Gasteiger partial charge on any atom is -0.461 e. The minimum atomic E-state index is -0.107. The van der Waals surface area contributed by atoms with Gasteiger partial charge in [0.25, 0.3) is 5.91 Å². The number of nitrogens with one attached hydrogen (secondary N) is 2. The van der Waals surface area contributed by atoms with Crippen LogP contribution in [0.5, 0.6) is 0 Å². The second-order valence-electron chi connectivity index (χ2n) is 6.94. The SMILES string of the molecule is O=C(NCc1cc(-c2ccco2)on1)c1cccc(CC2CCNCC2)c1. The summed E-state index contributed by atoms with van der Waals surface area (Å²) < 4.78 is 10.5. The maximum Gasteiger partial charge on any atom is 0.251 e. The number of hydrogen-bond donors (Lipinski definition) is 2. The zero-order valence-electron chi connectivity index (χ0n) is 15.1. The number of piperidine rings is 1. The van der Waals surface area contributed by atoms with Crippen molar-refractivity contribution in [3.8, 4) is 11.5 Å². The third-order valence-corrected chi connectivity index (χ3v) is 4.93. The first-order chi connectivity index (χ1) is 13.3. The zero-order chi connectivity index (χ0) is 18.5. The lowest BCUT2D eigenvalue weighted by Crippen LogP contribution is -2.28. The number of nitrogens with zero attached hydrogens (tertiary/aromatic N) is 1. The minimum absolute atomic E-state index is 0.107. The normalized spacial score (nSPS) is 15.0. The summed E-state index contributed by atoms with van der Waals surface area (Å²) in [6, 6.07) is 13.3. The number of hydrogen-bond acceptors (Lipinski definition) is 5. The Morgan fingerprint density at radius 1 is 1.15 bits per heavy atom. The Labute approximate surface area is 157 Å². The van der Waals surface area contributed by atoms with Crippen molar-refractivity contribution in [2.45, 2.75) is 25.8 Å². The maximum absolute atomic E-state index is 12.5. The zero-order valence-corrected chi connectivity index (χ0v) is 15.1. The van der Waals surface area contributed by atoms with Crippen LogP contribution in [0, 0.1) is 5.92 Å². The molecular weight excluding hydrogens is 342 g/mol. The number of carbonyl (C=O) groups excluding carboxylic acids is 1. The molecule has 4 rings (SSSR count). The quantitative estimate of drug-likeness (QED) is 0.700. The highest BCUT2D eigenvalue weighted by atomic mass is 16.5. The molecule has 0 aliphatic carbocycles. The Morgan fingerprint density at radius 3 is 2.85 bits per heavy atom. The predicted octanol–water partition coefficient (Wildman–Crippen LogP) is 3.41. The summed E-state index contributed by atoms with van der Waals surface area (Å²) in [4.78, 5) is 12.5. The van der Waals surface area contributed by atoms with E-state index < -0.39 is 0 Å². The van der Waals surface area contributed by atoms with E-state index in [9.17, 15) is 4.79 Å². The number of amides is 1. The Balaban J connectivity index is 1.35. The fraction of sp³-hybridized carbons (Fsp3) is 0.333. The summed E-state index contributed by atoms with van der Waals surface area (Å²) in [5.74, 6) is 1.75. The van der Waals surface area contributed by atoms with Crippen LogP contribution in [0.25, 0.3) is 11.5 Å². The first-order valence-corrected chi connectivity index (χ1v) is 9.35. The van der Waals surface area contributed by atoms with Gasteiger partial charge < -0.3 is 19.6 Å². The lowest BCUT2D eigenvalue weighted by atomic mass is 9.90. The Hall–Kier alpha value is -2.86. The van der Waals surface area contributed by atoms with Crippen molar-refractivity contribution < 1.29 is 13.7 Å². The molecule has 1 fully saturated rings. The van der Waals surface area contributed by atoms with E-state index in [0.29, 0.717) is 35.2 Å². The van der Waals surface area contributed by atoms with Crippen molar-refractivity contribution in [1.29, 1.82) is 0 Å². The van der Waals surface area contributed by atoms with Crippen LogP contribution in [0.4, 0.5) is 0 Å². The van der Waals surface area contributed by atoms with Gasteiger partial charge in [-0.15, -0.1) is 0 Å². The highest BCUT2D eigenvalue weighted by Gasteiger charge is 2.15. The highest BCUT2D eigenvalue weighted by molar-refractivity contribution is 5.94. The van der Waals surface area contributed by atoms with E-state index in [2.05, 4.69) is 21.9 Å². The number of aromatic nitrogens is 1. The molecule has 0 bridgehead atoms. The van der Waals surface area contributed by atoms with Crippen LogP contribution in [-0.4, -0.2) is 24.2 Å². The summed E-state index contributed by atoms with van der Waals surface area (Å²) in [6.45, 7) is 2.48. The molecule has 6 heteroatoms. The molecule has 1 aliphatic rings. The molecule has 0 unspecified atom stereocenters. The Bertz CT molecular complexity index is 880. The molecule has 6 nitrogen and oxygen atoms in total. The van der Waals surface area contributed by atoms with Crippen LogP contribution in [-0.2, 0) is 13.0 Å². The Kier molecular flexibility index (Phi) is 5.34. The van der Waals surface area contributed by atoms with Crippen molar-refractivity contribution >= 4 is 5.91 Å². The van der Waals surface area contributed by atoms with Crippen LogP contribution >= 0.6 is 0 Å². The van der Waals surface area contributed by atoms with Gasteiger partial charge in [0.2, 0.25) is 5.76 Å². The first-order valence-electron chi connectivity index (χ1n) is 9.35. The van der Waals surface area contributed by atoms with Gasteiger partial charge in [-0.25, -0.2) is 0 Å². The lowest BCUT2D eigenvalue weighted by molar-refractivity contribution is 0.0950. The van der Waals surface area contributed by atoms with E-state index in [4.69, 9.17) is 8.94 Å². The fourth-order valence-corrected chi connectivity index (χ4v) is 3.46. The summed E-state index contributed by atoms with van der Waals surface area (Å²) in [6.07, 6.45) is 5.00. The smallest absolute Gasteiger partial charge is 0.251 e. The second-order valence-corrected chi connectivity index (χ2v) is 6.94. The molecule has 2 N–H and O–H groups in total. The second kappa shape index (κ2) is 8.22. The largest absolute Gasteiger partial charge is 0.461 e. The molecule has 0 atom stereocenters. The molecule has 0 radical (unpaired) electrons. The maximum atomic E-state index is 12.5. The third-order valence-electron chi connectivity index (χ3n) is 4.93. The molecule has 2 aromatic heterocycles. The summed E-state index contributed by atoms with van der Waals surface area (Å²) in [5, 5.41) is 10.3. The monoisotopic (exact) mass is 365 g/mol. The van der Waals surface area contributed by atoms with Gasteiger partial charge in [0.1, 0.15) is 5.69 Å². The van der Waals surface area contributed by atoms with Crippen LogP contribution in [0.3, 0.4) is 0 Å². The van der Waals surface area contributed by atoms with Gasteiger partial charge in [0.05, 0.1) is 12.8 Å². The molecule has 27 heavy (non-hydrogen) atoms. The molecule has 3 heterocycles. The van der Waals surface area contributed by atoms with Gasteiger partial charge in [-0.1, -0.05) is 17.3 Å². The van der Waals surface area contributed by atoms with Crippen molar-refractivity contribution in [1.82, 2.24) is 15.8 Å². The first kappa shape index (κ1) is 17.5. The van der Waals surface area contributed by atoms with Crippen molar-refractivity contribution in [2.75, 3.05) is 13.1 Å². The van der Waals surface area contributed by atoms with Gasteiger partial charge in [-0.05, 0) is 68.1 Å². The number of benzene rings is 1. The molecule has 1 aromatic carbocycles. The van der Waals surface area contributed by atoms with Gasteiger partial charge in [-0.2, -0.15) is 0 Å². The number of carbonyl (C=O) groups is 1. The number of rotatable bonds is 6. The van der Waals surface area contributed by atoms with Gasteiger partial charge in [0, 0.05) is 11.6 Å². The van der Waals surface area contributed by atoms with Crippen LogP contribution in [0.1, 0.15) is 34.5 Å². The van der Waals surface area contributed by atoms with Gasteiger partial charge >= 0.3 is 0 Å². The molecule has 3 aromatic rings. The fourth-order valence-electron chi connectivity index (χ4n) is 3.46. The van der Waals surface area contributed by atoms with E-state index in [1.807, 2.05) is 18.2 Å². The Morgan fingerprint density at radius 2 is 2.04 bits per heavy atom. The van der Waals surface area contributed by atoms with Crippen LogP contribution in [0.2, 0.25) is 0 Å². The molecule has 1 amide bonds. The average Bonchev–Trinajstić information content (AvgIpc) is 3.39. The highest BCUT2D eigenvalue weighted by Crippen LogP contribution is 2.21. The van der Waals surface area contributed by atoms with E-state index >= 15 is 0 Å². The predicted molar refractivity (Wildman–Crippen MR) is 101 cm³/mol. The van der Waals surface area contributed by atoms with Crippen molar-refractivity contribution in [3.05, 3.63) is 65.5 Å². The third kappa shape index (κ3) is 4.46. The van der Waals surface area contributed by atoms with Crippen molar-refractivity contribution in [3.63, 3.8) is 0 Å². The summed E-state index contributed by atoms with van der Waals surface area (Å²) >= 11 is 0. The average molecular weight is 365 g/mol. The van der Waals surface area contributed by atoms with E-state index in [-0.39, 0.29) is 5.91 Å². The molecule has 0 saturated carbocycles. The summed E-state index contributed by atoms with van der Waals surface area (Å²) in [7, 11) is 0. The molecular formula is C21H23N3O3. The topological polar surface area (TPSA) is 80.3 Å². The van der Waals surface area contributed by atoms with Crippen molar-refractivity contribution in [2.24, 2.45) is 5.92 Å². The standard InChI is InChI=1S/C21H23N3O3/c25-21(23-14-18-13-20(27-24-18)19-5-2-10-26-19)17-4-1-3-16(12-17)11-15-6-8-22-9-7-15/h1-5,10,12-13,15,22H,6-9,11,14H2,(H,23,25).